The number of halogens is 2. The molecule has 2 aromatic rings. The van der Waals surface area contributed by atoms with E-state index in [0.717, 1.165) is 5.56 Å². The first kappa shape index (κ1) is 18.7. The van der Waals surface area contributed by atoms with Crippen LogP contribution in [-0.4, -0.2) is 23.3 Å². The Labute approximate surface area is 162 Å². The number of hydrogen-bond acceptors (Lipinski definition) is 3. The minimum absolute atomic E-state index is 0.116. The summed E-state index contributed by atoms with van der Waals surface area (Å²) in [6.07, 6.45) is 0.369. The van der Waals surface area contributed by atoms with Crippen molar-refractivity contribution in [3.63, 3.8) is 0 Å². The van der Waals surface area contributed by atoms with Crippen LogP contribution < -0.4 is 9.64 Å². The Hall–Kier alpha value is -2.04. The number of alkyl halides is 2. The standard InChI is InChI=1S/C20H19Cl2NO3/c1-13-4-6-14(7-5-13)17(24)23(3)15-8-10-16(11-9-15)26-18(25)19(2)12-20(19,21)22/h4-11H,12H2,1-3H3. The number of anilines is 1. The Morgan fingerprint density at radius 2 is 1.58 bits per heavy atom. The summed E-state index contributed by atoms with van der Waals surface area (Å²) in [4.78, 5) is 26.3. The summed E-state index contributed by atoms with van der Waals surface area (Å²) in [5.41, 5.74) is 1.51. The zero-order valence-electron chi connectivity index (χ0n) is 14.8. The van der Waals surface area contributed by atoms with Gasteiger partial charge in [0, 0.05) is 24.7 Å². The molecule has 0 aromatic heterocycles. The molecule has 0 heterocycles. The first-order valence-corrected chi connectivity index (χ1v) is 8.94. The van der Waals surface area contributed by atoms with Gasteiger partial charge in [-0.3, -0.25) is 9.59 Å². The molecule has 2 aromatic carbocycles. The molecule has 1 aliphatic rings. The van der Waals surface area contributed by atoms with E-state index < -0.39 is 15.7 Å². The zero-order valence-corrected chi connectivity index (χ0v) is 16.3. The van der Waals surface area contributed by atoms with E-state index in [-0.39, 0.29) is 5.91 Å². The quantitative estimate of drug-likeness (QED) is 0.428. The fourth-order valence-corrected chi connectivity index (χ4v) is 3.27. The van der Waals surface area contributed by atoms with E-state index in [0.29, 0.717) is 23.4 Å². The van der Waals surface area contributed by atoms with Crippen molar-refractivity contribution in [3.05, 3.63) is 59.7 Å². The largest absolute Gasteiger partial charge is 0.426 e. The van der Waals surface area contributed by atoms with Crippen molar-refractivity contribution >= 4 is 40.8 Å². The maximum Gasteiger partial charge on any atom is 0.320 e. The number of esters is 1. The molecule has 6 heteroatoms. The van der Waals surface area contributed by atoms with E-state index in [4.69, 9.17) is 27.9 Å². The number of carbonyl (C=O) groups excluding carboxylic acids is 2. The molecule has 0 aliphatic heterocycles. The van der Waals surface area contributed by atoms with Gasteiger partial charge in [-0.15, -0.1) is 23.2 Å². The predicted molar refractivity (Wildman–Crippen MR) is 103 cm³/mol. The van der Waals surface area contributed by atoms with Gasteiger partial charge in [0.05, 0.1) is 0 Å². The molecule has 1 unspecified atom stereocenters. The Bertz CT molecular complexity index is 846. The second-order valence-electron chi connectivity index (χ2n) is 6.83. The minimum atomic E-state index is -1.06. The molecule has 3 rings (SSSR count). The summed E-state index contributed by atoms with van der Waals surface area (Å²) >= 11 is 12.0. The van der Waals surface area contributed by atoms with Gasteiger partial charge in [-0.2, -0.15) is 0 Å². The molecule has 1 amide bonds. The van der Waals surface area contributed by atoms with Crippen molar-refractivity contribution < 1.29 is 14.3 Å². The van der Waals surface area contributed by atoms with Crippen molar-refractivity contribution in [2.24, 2.45) is 5.41 Å². The lowest BCUT2D eigenvalue weighted by Crippen LogP contribution is -2.26. The minimum Gasteiger partial charge on any atom is -0.426 e. The molecule has 1 atom stereocenters. The molecule has 1 saturated carbocycles. The van der Waals surface area contributed by atoms with Crippen molar-refractivity contribution in [2.75, 3.05) is 11.9 Å². The third-order valence-corrected chi connectivity index (χ3v) is 5.85. The van der Waals surface area contributed by atoms with Gasteiger partial charge in [0.1, 0.15) is 15.5 Å². The second-order valence-corrected chi connectivity index (χ2v) is 8.31. The molecule has 0 spiro atoms. The predicted octanol–water partition coefficient (Wildman–Crippen LogP) is 4.76. The van der Waals surface area contributed by atoms with Crippen LogP contribution in [0.15, 0.2) is 48.5 Å². The van der Waals surface area contributed by atoms with Crippen LogP contribution in [0.5, 0.6) is 5.75 Å². The van der Waals surface area contributed by atoms with Crippen LogP contribution in [0.2, 0.25) is 0 Å². The Balaban J connectivity index is 1.68. The average molecular weight is 392 g/mol. The molecule has 0 bridgehead atoms. The van der Waals surface area contributed by atoms with E-state index in [1.54, 1.807) is 55.3 Å². The molecule has 0 N–H and O–H groups in total. The maximum atomic E-state index is 12.5. The summed E-state index contributed by atoms with van der Waals surface area (Å²) < 4.78 is 4.29. The van der Waals surface area contributed by atoms with Crippen LogP contribution in [-0.2, 0) is 4.79 Å². The lowest BCUT2D eigenvalue weighted by Gasteiger charge is -2.18. The Morgan fingerprint density at radius 3 is 2.08 bits per heavy atom. The normalized spacial score (nSPS) is 20.3. The van der Waals surface area contributed by atoms with Crippen LogP contribution in [0.25, 0.3) is 0 Å². The zero-order chi connectivity index (χ0) is 19.1. The molecule has 26 heavy (non-hydrogen) atoms. The van der Waals surface area contributed by atoms with Gasteiger partial charge in [-0.1, -0.05) is 17.7 Å². The van der Waals surface area contributed by atoms with E-state index in [2.05, 4.69) is 0 Å². The molecular formula is C20H19Cl2NO3. The summed E-state index contributed by atoms with van der Waals surface area (Å²) in [5.74, 6) is -0.194. The SMILES string of the molecule is Cc1ccc(C(=O)N(C)c2ccc(OC(=O)C3(C)CC3(Cl)Cl)cc2)cc1. The first-order valence-electron chi connectivity index (χ1n) is 8.19. The molecule has 136 valence electrons. The van der Waals surface area contributed by atoms with Gasteiger partial charge in [-0.25, -0.2) is 0 Å². The van der Waals surface area contributed by atoms with Crippen LogP contribution in [0.4, 0.5) is 5.69 Å². The summed E-state index contributed by atoms with van der Waals surface area (Å²) in [7, 11) is 1.70. The van der Waals surface area contributed by atoms with E-state index in [1.807, 2.05) is 19.1 Å². The van der Waals surface area contributed by atoms with Crippen molar-refractivity contribution in [3.8, 4) is 5.75 Å². The van der Waals surface area contributed by atoms with Crippen LogP contribution >= 0.6 is 23.2 Å². The maximum absolute atomic E-state index is 12.5. The van der Waals surface area contributed by atoms with E-state index >= 15 is 0 Å². The molecule has 4 nitrogen and oxygen atoms in total. The smallest absolute Gasteiger partial charge is 0.320 e. The highest BCUT2D eigenvalue weighted by atomic mass is 35.5. The summed E-state index contributed by atoms with van der Waals surface area (Å²) in [5, 5.41) is 0. The van der Waals surface area contributed by atoms with Crippen LogP contribution in [0.3, 0.4) is 0 Å². The van der Waals surface area contributed by atoms with Gasteiger partial charge in [0.15, 0.2) is 0 Å². The number of hydrogen-bond donors (Lipinski definition) is 0. The monoisotopic (exact) mass is 391 g/mol. The number of carbonyl (C=O) groups is 2. The lowest BCUT2D eigenvalue weighted by atomic mass is 10.1. The Kier molecular flexibility index (Phi) is 4.76. The van der Waals surface area contributed by atoms with Gasteiger partial charge in [0.2, 0.25) is 0 Å². The lowest BCUT2D eigenvalue weighted by molar-refractivity contribution is -0.139. The average Bonchev–Trinajstić information content (AvgIpc) is 3.14. The molecule has 1 aliphatic carbocycles. The number of benzene rings is 2. The number of aryl methyl sites for hydroxylation is 1. The highest BCUT2D eigenvalue weighted by Gasteiger charge is 2.69. The summed E-state index contributed by atoms with van der Waals surface area (Å²) in [6.45, 7) is 3.65. The van der Waals surface area contributed by atoms with Gasteiger partial charge < -0.3 is 9.64 Å². The third-order valence-electron chi connectivity index (χ3n) is 4.75. The highest BCUT2D eigenvalue weighted by molar-refractivity contribution is 6.53. The Morgan fingerprint density at radius 1 is 1.04 bits per heavy atom. The third kappa shape index (κ3) is 3.44. The fourth-order valence-electron chi connectivity index (χ4n) is 2.59. The van der Waals surface area contributed by atoms with Crippen molar-refractivity contribution in [1.29, 1.82) is 0 Å². The van der Waals surface area contributed by atoms with E-state index in [1.165, 1.54) is 0 Å². The van der Waals surface area contributed by atoms with Gasteiger partial charge in [0.25, 0.3) is 5.91 Å². The van der Waals surface area contributed by atoms with Crippen molar-refractivity contribution in [1.82, 2.24) is 0 Å². The topological polar surface area (TPSA) is 46.6 Å². The molecule has 0 saturated heterocycles. The van der Waals surface area contributed by atoms with Crippen LogP contribution in [0.1, 0.15) is 29.3 Å². The van der Waals surface area contributed by atoms with Gasteiger partial charge in [-0.05, 0) is 50.2 Å². The number of ether oxygens (including phenoxy) is 1. The molecule has 1 fully saturated rings. The van der Waals surface area contributed by atoms with E-state index in [9.17, 15) is 9.59 Å². The van der Waals surface area contributed by atoms with Crippen molar-refractivity contribution in [2.45, 2.75) is 24.6 Å². The molecular weight excluding hydrogens is 373 g/mol. The van der Waals surface area contributed by atoms with Crippen LogP contribution in [0, 0.1) is 12.3 Å². The highest BCUT2D eigenvalue weighted by Crippen LogP contribution is 2.64. The number of rotatable bonds is 4. The first-order chi connectivity index (χ1) is 12.1. The van der Waals surface area contributed by atoms with Gasteiger partial charge >= 0.3 is 5.97 Å². The second kappa shape index (κ2) is 6.60. The molecule has 0 radical (unpaired) electrons. The summed E-state index contributed by atoms with van der Waals surface area (Å²) in [6, 6.07) is 14.1. The fraction of sp³-hybridized carbons (Fsp3) is 0.300. The number of amides is 1. The number of nitrogens with zero attached hydrogens (tertiary/aromatic N) is 1.